The number of aromatic nitrogens is 1. The summed E-state index contributed by atoms with van der Waals surface area (Å²) in [6.07, 6.45) is 3.72. The summed E-state index contributed by atoms with van der Waals surface area (Å²) in [5.74, 6) is 6.10. The highest BCUT2D eigenvalue weighted by molar-refractivity contribution is 5.85. The standard InChI is InChI=1S/C15H21N3O/c1-10(2)15(19-3)14(18-16)13-9-17-8-11-6-4-5-7-12(11)13/h4-10,14-15,18H,16H2,1-3H3. The third-order valence-electron chi connectivity index (χ3n) is 3.47. The molecule has 19 heavy (non-hydrogen) atoms. The van der Waals surface area contributed by atoms with Crippen LogP contribution < -0.4 is 11.3 Å². The highest BCUT2D eigenvalue weighted by Gasteiger charge is 2.26. The van der Waals surface area contributed by atoms with Gasteiger partial charge in [-0.2, -0.15) is 0 Å². The Morgan fingerprint density at radius 2 is 1.95 bits per heavy atom. The molecule has 0 aliphatic rings. The van der Waals surface area contributed by atoms with Gasteiger partial charge in [0.1, 0.15) is 0 Å². The fourth-order valence-electron chi connectivity index (χ4n) is 2.54. The van der Waals surface area contributed by atoms with E-state index in [-0.39, 0.29) is 12.1 Å². The van der Waals surface area contributed by atoms with E-state index in [9.17, 15) is 0 Å². The van der Waals surface area contributed by atoms with Crippen LogP contribution in [-0.2, 0) is 4.74 Å². The molecule has 4 heteroatoms. The van der Waals surface area contributed by atoms with Gasteiger partial charge in [0.15, 0.2) is 0 Å². The third kappa shape index (κ3) is 2.76. The molecule has 0 bridgehead atoms. The number of rotatable bonds is 5. The van der Waals surface area contributed by atoms with E-state index >= 15 is 0 Å². The molecule has 3 N–H and O–H groups in total. The second kappa shape index (κ2) is 6.10. The molecule has 2 unspecified atom stereocenters. The van der Waals surface area contributed by atoms with Gasteiger partial charge in [-0.25, -0.2) is 0 Å². The van der Waals surface area contributed by atoms with E-state index in [2.05, 4.69) is 36.4 Å². The molecule has 4 nitrogen and oxygen atoms in total. The molecule has 2 rings (SSSR count). The SMILES string of the molecule is COC(C(C)C)C(NN)c1cncc2ccccc12. The van der Waals surface area contributed by atoms with E-state index in [1.54, 1.807) is 7.11 Å². The minimum atomic E-state index is -0.0800. The summed E-state index contributed by atoms with van der Waals surface area (Å²) < 4.78 is 5.60. The number of nitrogens with zero attached hydrogens (tertiary/aromatic N) is 1. The lowest BCUT2D eigenvalue weighted by Crippen LogP contribution is -2.40. The molecule has 0 aliphatic carbocycles. The highest BCUT2D eigenvalue weighted by atomic mass is 16.5. The fourth-order valence-corrected chi connectivity index (χ4v) is 2.54. The number of methoxy groups -OCH3 is 1. The maximum atomic E-state index is 5.75. The Hall–Kier alpha value is -1.49. The van der Waals surface area contributed by atoms with Crippen molar-refractivity contribution in [3.63, 3.8) is 0 Å². The highest BCUT2D eigenvalue weighted by Crippen LogP contribution is 2.28. The Morgan fingerprint density at radius 3 is 2.58 bits per heavy atom. The molecule has 0 saturated heterocycles. The second-order valence-corrected chi connectivity index (χ2v) is 5.04. The minimum absolute atomic E-state index is 0.00222. The molecule has 2 aromatic rings. The zero-order chi connectivity index (χ0) is 13.8. The summed E-state index contributed by atoms with van der Waals surface area (Å²) in [5.41, 5.74) is 3.95. The zero-order valence-corrected chi connectivity index (χ0v) is 11.6. The predicted octanol–water partition coefficient (Wildman–Crippen LogP) is 2.41. The van der Waals surface area contributed by atoms with Crippen molar-refractivity contribution in [3.8, 4) is 0 Å². The molecule has 1 heterocycles. The Balaban J connectivity index is 2.51. The molecule has 1 aromatic carbocycles. The van der Waals surface area contributed by atoms with E-state index < -0.39 is 0 Å². The average molecular weight is 259 g/mol. The van der Waals surface area contributed by atoms with E-state index in [1.165, 1.54) is 0 Å². The van der Waals surface area contributed by atoms with Crippen LogP contribution in [0.1, 0.15) is 25.5 Å². The molecular weight excluding hydrogens is 238 g/mol. The lowest BCUT2D eigenvalue weighted by atomic mass is 9.92. The van der Waals surface area contributed by atoms with Crippen LogP contribution in [0.15, 0.2) is 36.7 Å². The maximum Gasteiger partial charge on any atom is 0.0802 e. The van der Waals surface area contributed by atoms with Gasteiger partial charge in [0.2, 0.25) is 0 Å². The number of ether oxygens (including phenoxy) is 1. The number of pyridine rings is 1. The molecule has 0 saturated carbocycles. The summed E-state index contributed by atoms with van der Waals surface area (Å²) in [6.45, 7) is 4.24. The van der Waals surface area contributed by atoms with Gasteiger partial charge in [0, 0.05) is 24.9 Å². The van der Waals surface area contributed by atoms with Crippen molar-refractivity contribution in [3.05, 3.63) is 42.2 Å². The van der Waals surface area contributed by atoms with E-state index in [4.69, 9.17) is 10.6 Å². The van der Waals surface area contributed by atoms with Crippen molar-refractivity contribution in [1.82, 2.24) is 10.4 Å². The van der Waals surface area contributed by atoms with E-state index in [1.807, 2.05) is 24.5 Å². The first-order valence-corrected chi connectivity index (χ1v) is 6.50. The second-order valence-electron chi connectivity index (χ2n) is 5.04. The smallest absolute Gasteiger partial charge is 0.0802 e. The van der Waals surface area contributed by atoms with Crippen LogP contribution in [0.4, 0.5) is 0 Å². The Bertz CT molecular complexity index is 536. The molecule has 0 spiro atoms. The monoisotopic (exact) mass is 259 g/mol. The number of hydrazine groups is 1. The number of hydrogen-bond donors (Lipinski definition) is 2. The Morgan fingerprint density at radius 1 is 1.21 bits per heavy atom. The first kappa shape index (κ1) is 13.9. The maximum absolute atomic E-state index is 5.75. The van der Waals surface area contributed by atoms with Gasteiger partial charge in [0.05, 0.1) is 12.1 Å². The van der Waals surface area contributed by atoms with Crippen LogP contribution in [0.3, 0.4) is 0 Å². The van der Waals surface area contributed by atoms with Crippen LogP contribution >= 0.6 is 0 Å². The summed E-state index contributed by atoms with van der Waals surface area (Å²) in [4.78, 5) is 4.31. The molecule has 2 atom stereocenters. The molecule has 0 fully saturated rings. The minimum Gasteiger partial charge on any atom is -0.379 e. The van der Waals surface area contributed by atoms with Crippen LogP contribution in [-0.4, -0.2) is 18.2 Å². The van der Waals surface area contributed by atoms with Gasteiger partial charge in [-0.3, -0.25) is 16.3 Å². The van der Waals surface area contributed by atoms with E-state index in [0.717, 1.165) is 16.3 Å². The van der Waals surface area contributed by atoms with Gasteiger partial charge in [-0.1, -0.05) is 38.1 Å². The number of fused-ring (bicyclic) bond motifs is 1. The van der Waals surface area contributed by atoms with Crippen LogP contribution in [0, 0.1) is 5.92 Å². The zero-order valence-electron chi connectivity index (χ0n) is 11.6. The van der Waals surface area contributed by atoms with Gasteiger partial charge in [-0.05, 0) is 16.9 Å². The van der Waals surface area contributed by atoms with Gasteiger partial charge in [-0.15, -0.1) is 0 Å². The van der Waals surface area contributed by atoms with Crippen LogP contribution in [0.25, 0.3) is 10.8 Å². The number of nitrogens with two attached hydrogens (primary N) is 1. The summed E-state index contributed by atoms with van der Waals surface area (Å²) in [6, 6.07) is 8.09. The Kier molecular flexibility index (Phi) is 4.47. The van der Waals surface area contributed by atoms with Crippen LogP contribution in [0.5, 0.6) is 0 Å². The lowest BCUT2D eigenvalue weighted by Gasteiger charge is -2.29. The van der Waals surface area contributed by atoms with Gasteiger partial charge < -0.3 is 4.74 Å². The third-order valence-corrected chi connectivity index (χ3v) is 3.47. The van der Waals surface area contributed by atoms with Crippen molar-refractivity contribution >= 4 is 10.8 Å². The molecule has 0 aliphatic heterocycles. The van der Waals surface area contributed by atoms with Crippen molar-refractivity contribution in [2.45, 2.75) is 26.0 Å². The quantitative estimate of drug-likeness (QED) is 0.639. The molecule has 1 aromatic heterocycles. The number of hydrogen-bond acceptors (Lipinski definition) is 4. The van der Waals surface area contributed by atoms with E-state index in [0.29, 0.717) is 5.92 Å². The topological polar surface area (TPSA) is 60.2 Å². The number of nitrogens with one attached hydrogen (secondary N) is 1. The largest absolute Gasteiger partial charge is 0.379 e. The summed E-state index contributed by atoms with van der Waals surface area (Å²) >= 11 is 0. The molecule has 0 amide bonds. The van der Waals surface area contributed by atoms with Gasteiger partial charge >= 0.3 is 0 Å². The van der Waals surface area contributed by atoms with Crippen LogP contribution in [0.2, 0.25) is 0 Å². The first-order valence-electron chi connectivity index (χ1n) is 6.50. The summed E-state index contributed by atoms with van der Waals surface area (Å²) in [7, 11) is 1.72. The van der Waals surface area contributed by atoms with Crippen molar-refractivity contribution in [1.29, 1.82) is 0 Å². The molecule has 0 radical (unpaired) electrons. The lowest BCUT2D eigenvalue weighted by molar-refractivity contribution is 0.0329. The average Bonchev–Trinajstić information content (AvgIpc) is 2.43. The molecular formula is C15H21N3O. The first-order chi connectivity index (χ1) is 9.19. The van der Waals surface area contributed by atoms with Gasteiger partial charge in [0.25, 0.3) is 0 Å². The van der Waals surface area contributed by atoms with Crippen molar-refractivity contribution < 1.29 is 4.74 Å². The summed E-state index contributed by atoms with van der Waals surface area (Å²) in [5, 5.41) is 2.27. The fraction of sp³-hybridized carbons (Fsp3) is 0.400. The van der Waals surface area contributed by atoms with Crippen molar-refractivity contribution in [2.75, 3.05) is 7.11 Å². The Labute approximate surface area is 113 Å². The normalized spacial score (nSPS) is 14.8. The number of benzene rings is 1. The predicted molar refractivity (Wildman–Crippen MR) is 77.4 cm³/mol. The molecule has 102 valence electrons. The van der Waals surface area contributed by atoms with Crippen molar-refractivity contribution in [2.24, 2.45) is 11.8 Å².